The van der Waals surface area contributed by atoms with E-state index in [1.165, 1.54) is 44.9 Å². The number of aliphatic hydroxyl groups excluding tert-OH is 1. The molecule has 0 aromatic rings. The van der Waals surface area contributed by atoms with E-state index in [2.05, 4.69) is 27.7 Å². The van der Waals surface area contributed by atoms with Gasteiger partial charge in [-0.25, -0.2) is 0 Å². The van der Waals surface area contributed by atoms with E-state index < -0.39 is 0 Å². The van der Waals surface area contributed by atoms with Crippen molar-refractivity contribution in [2.75, 3.05) is 6.61 Å². The molecule has 1 spiro atoms. The molecule has 6 rings (SSSR count). The van der Waals surface area contributed by atoms with Crippen molar-refractivity contribution in [3.63, 3.8) is 0 Å². The lowest BCUT2D eigenvalue weighted by Gasteiger charge is -2.61. The molecule has 4 aliphatic carbocycles. The molecule has 4 saturated carbocycles. The van der Waals surface area contributed by atoms with Crippen LogP contribution in [-0.2, 0) is 9.47 Å². The van der Waals surface area contributed by atoms with Gasteiger partial charge in [0, 0.05) is 12.3 Å². The van der Waals surface area contributed by atoms with Crippen molar-refractivity contribution < 1.29 is 14.6 Å². The molecule has 2 saturated heterocycles. The highest BCUT2D eigenvalue weighted by atomic mass is 16.7. The van der Waals surface area contributed by atoms with Crippen LogP contribution in [-0.4, -0.2) is 29.7 Å². The van der Waals surface area contributed by atoms with Crippen LogP contribution in [0.25, 0.3) is 0 Å². The van der Waals surface area contributed by atoms with Gasteiger partial charge in [0.2, 0.25) is 0 Å². The van der Waals surface area contributed by atoms with Gasteiger partial charge >= 0.3 is 0 Å². The Morgan fingerprint density at radius 2 is 1.63 bits per heavy atom. The smallest absolute Gasteiger partial charge is 0.171 e. The van der Waals surface area contributed by atoms with Crippen LogP contribution in [0.4, 0.5) is 0 Å². The van der Waals surface area contributed by atoms with Gasteiger partial charge < -0.3 is 14.6 Å². The van der Waals surface area contributed by atoms with E-state index in [9.17, 15) is 5.11 Å². The maximum atomic E-state index is 10.3. The quantitative estimate of drug-likeness (QED) is 0.543. The Kier molecular flexibility index (Phi) is 4.58. The predicted octanol–water partition coefficient (Wildman–Crippen LogP) is 5.79. The number of aliphatic hydroxyl groups is 1. The number of ether oxygens (including phenoxy) is 2. The first kappa shape index (κ1) is 20.5. The van der Waals surface area contributed by atoms with E-state index in [1.807, 2.05) is 0 Å². The third kappa shape index (κ3) is 2.61. The van der Waals surface area contributed by atoms with E-state index in [0.29, 0.717) is 34.7 Å². The summed E-state index contributed by atoms with van der Waals surface area (Å²) in [6.45, 7) is 10.9. The molecule has 2 heterocycles. The largest absolute Gasteiger partial charge is 0.393 e. The SMILES string of the molecule is C[C@H]1CC[C@@]2(OC1)O[C@H]1C[C@@H]3[C@@H]4CC[C@@H]5C[C@@H](O)CC[C@]5(C)[C@@H]4CC[C@]3(C)[C@@H]1[C@H]2C. The molecule has 0 bridgehead atoms. The summed E-state index contributed by atoms with van der Waals surface area (Å²) in [6.07, 6.45) is 12.9. The molecule has 6 fully saturated rings. The summed E-state index contributed by atoms with van der Waals surface area (Å²) < 4.78 is 13.4. The van der Waals surface area contributed by atoms with Crippen LogP contribution in [0, 0.1) is 52.3 Å². The van der Waals surface area contributed by atoms with Gasteiger partial charge in [0.25, 0.3) is 0 Å². The highest BCUT2D eigenvalue weighted by molar-refractivity contribution is 5.15. The normalized spacial score (nSPS) is 62.5. The van der Waals surface area contributed by atoms with Crippen molar-refractivity contribution in [3.05, 3.63) is 0 Å². The van der Waals surface area contributed by atoms with Gasteiger partial charge in [0.05, 0.1) is 18.8 Å². The number of rotatable bonds is 0. The van der Waals surface area contributed by atoms with Gasteiger partial charge in [0.15, 0.2) is 5.79 Å². The summed E-state index contributed by atoms with van der Waals surface area (Å²) in [5.41, 5.74) is 0.899. The molecule has 170 valence electrons. The molecule has 0 unspecified atom stereocenters. The zero-order valence-corrected chi connectivity index (χ0v) is 19.7. The van der Waals surface area contributed by atoms with Crippen LogP contribution in [0.15, 0.2) is 0 Å². The molecular weight excluding hydrogens is 372 g/mol. The van der Waals surface area contributed by atoms with Crippen LogP contribution >= 0.6 is 0 Å². The first-order valence-corrected chi connectivity index (χ1v) is 13.3. The summed E-state index contributed by atoms with van der Waals surface area (Å²) in [5.74, 6) is 4.93. The topological polar surface area (TPSA) is 38.7 Å². The first-order chi connectivity index (χ1) is 14.3. The Morgan fingerprint density at radius 3 is 2.40 bits per heavy atom. The van der Waals surface area contributed by atoms with Crippen molar-refractivity contribution in [1.82, 2.24) is 0 Å². The Bertz CT molecular complexity index is 684. The summed E-state index contributed by atoms with van der Waals surface area (Å²) in [7, 11) is 0. The molecule has 3 nitrogen and oxygen atoms in total. The molecule has 1 N–H and O–H groups in total. The summed E-state index contributed by atoms with van der Waals surface area (Å²) in [6, 6.07) is 0. The summed E-state index contributed by atoms with van der Waals surface area (Å²) in [5, 5.41) is 10.3. The number of hydrogen-bond donors (Lipinski definition) is 1. The van der Waals surface area contributed by atoms with Crippen molar-refractivity contribution in [3.8, 4) is 0 Å². The highest BCUT2D eigenvalue weighted by Crippen LogP contribution is 2.71. The third-order valence-electron chi connectivity index (χ3n) is 11.9. The van der Waals surface area contributed by atoms with Gasteiger partial charge in [-0.05, 0) is 104 Å². The fourth-order valence-electron chi connectivity index (χ4n) is 10.3. The second-order valence-corrected chi connectivity index (χ2v) is 13.1. The minimum absolute atomic E-state index is 0.0389. The Labute approximate surface area is 183 Å². The van der Waals surface area contributed by atoms with E-state index in [4.69, 9.17) is 9.47 Å². The Hall–Kier alpha value is -0.120. The zero-order chi connectivity index (χ0) is 20.9. The first-order valence-electron chi connectivity index (χ1n) is 13.3. The molecule has 3 heteroatoms. The van der Waals surface area contributed by atoms with Crippen LogP contribution in [0.1, 0.15) is 91.9 Å². The van der Waals surface area contributed by atoms with Gasteiger partial charge in [-0.3, -0.25) is 0 Å². The van der Waals surface area contributed by atoms with Crippen LogP contribution < -0.4 is 0 Å². The molecule has 0 aromatic carbocycles. The average Bonchev–Trinajstić information content (AvgIpc) is 3.16. The molecule has 30 heavy (non-hydrogen) atoms. The summed E-state index contributed by atoms with van der Waals surface area (Å²) >= 11 is 0. The summed E-state index contributed by atoms with van der Waals surface area (Å²) in [4.78, 5) is 0. The lowest BCUT2D eigenvalue weighted by molar-refractivity contribution is -0.273. The predicted molar refractivity (Wildman–Crippen MR) is 118 cm³/mol. The Balaban J connectivity index is 1.26. The van der Waals surface area contributed by atoms with Crippen molar-refractivity contribution >= 4 is 0 Å². The molecule has 0 aromatic heterocycles. The molecule has 6 aliphatic rings. The lowest BCUT2D eigenvalue weighted by atomic mass is 9.44. The maximum absolute atomic E-state index is 10.3. The molecule has 12 atom stereocenters. The van der Waals surface area contributed by atoms with E-state index in [-0.39, 0.29) is 11.9 Å². The van der Waals surface area contributed by atoms with Gasteiger partial charge in [-0.1, -0.05) is 27.7 Å². The minimum atomic E-state index is -0.282. The fourth-order valence-corrected chi connectivity index (χ4v) is 10.3. The zero-order valence-electron chi connectivity index (χ0n) is 19.7. The van der Waals surface area contributed by atoms with E-state index >= 15 is 0 Å². The van der Waals surface area contributed by atoms with E-state index in [1.54, 1.807) is 0 Å². The number of fused-ring (bicyclic) bond motifs is 7. The second kappa shape index (κ2) is 6.70. The standard InChI is InChI=1S/C27H44O3/c1-16-7-12-27(29-15-16)17(2)24-23(30-27)14-22-20-6-5-18-13-19(28)8-10-25(18,3)21(20)9-11-26(22,24)4/h16-24,28H,5-15H2,1-4H3/t16-,17+,18+,19-,20+,21+,22+,23-,24+,25-,26-,27+/m0/s1. The fraction of sp³-hybridized carbons (Fsp3) is 1.00. The lowest BCUT2D eigenvalue weighted by Crippen LogP contribution is -2.55. The van der Waals surface area contributed by atoms with Gasteiger partial charge in [-0.15, -0.1) is 0 Å². The van der Waals surface area contributed by atoms with E-state index in [0.717, 1.165) is 49.5 Å². The van der Waals surface area contributed by atoms with Crippen LogP contribution in [0.3, 0.4) is 0 Å². The molecule has 0 radical (unpaired) electrons. The van der Waals surface area contributed by atoms with Gasteiger partial charge in [-0.2, -0.15) is 0 Å². The Morgan fingerprint density at radius 1 is 0.833 bits per heavy atom. The van der Waals surface area contributed by atoms with Crippen molar-refractivity contribution in [2.45, 2.75) is 110 Å². The number of hydrogen-bond acceptors (Lipinski definition) is 3. The molecule has 0 amide bonds. The van der Waals surface area contributed by atoms with Crippen LogP contribution in [0.5, 0.6) is 0 Å². The maximum Gasteiger partial charge on any atom is 0.171 e. The van der Waals surface area contributed by atoms with Crippen molar-refractivity contribution in [1.29, 1.82) is 0 Å². The third-order valence-corrected chi connectivity index (χ3v) is 11.9. The minimum Gasteiger partial charge on any atom is -0.393 e. The average molecular weight is 417 g/mol. The van der Waals surface area contributed by atoms with Crippen molar-refractivity contribution in [2.24, 2.45) is 52.3 Å². The second-order valence-electron chi connectivity index (χ2n) is 13.1. The molecular formula is C27H44O3. The highest BCUT2D eigenvalue weighted by Gasteiger charge is 2.69. The molecule has 2 aliphatic heterocycles. The monoisotopic (exact) mass is 416 g/mol. The van der Waals surface area contributed by atoms with Crippen LogP contribution in [0.2, 0.25) is 0 Å². The van der Waals surface area contributed by atoms with Gasteiger partial charge in [0.1, 0.15) is 0 Å².